The number of anilines is 3. The molecule has 0 saturated heterocycles. The van der Waals surface area contributed by atoms with E-state index in [2.05, 4.69) is 25.2 Å². The van der Waals surface area contributed by atoms with Crippen LogP contribution in [0.1, 0.15) is 0 Å². The average Bonchev–Trinajstić information content (AvgIpc) is 3.13. The Labute approximate surface area is 195 Å². The number of likely N-dealkylation sites (N-methyl/N-ethyl adjacent to an activating group) is 2. The fourth-order valence-corrected chi connectivity index (χ4v) is 4.80. The van der Waals surface area contributed by atoms with Gasteiger partial charge in [-0.1, -0.05) is 47.1 Å². The van der Waals surface area contributed by atoms with E-state index in [0.29, 0.717) is 20.0 Å². The third-order valence-corrected chi connectivity index (χ3v) is 6.90. The average molecular weight is 488 g/mol. The summed E-state index contributed by atoms with van der Waals surface area (Å²) in [6.45, 7) is 1.79. The molecular weight excluding hydrogens is 464 g/mol. The van der Waals surface area contributed by atoms with Crippen LogP contribution in [-0.2, 0) is 0 Å². The molecule has 0 fully saturated rings. The molecule has 2 aromatic carbocycles. The number of nitrogens with zero attached hydrogens (tertiary/aromatic N) is 2. The molecule has 0 radical (unpaired) electrons. The second kappa shape index (κ2) is 10.8. The van der Waals surface area contributed by atoms with E-state index in [0.717, 1.165) is 24.5 Å². The van der Waals surface area contributed by atoms with Crippen molar-refractivity contribution in [3.8, 4) is 0 Å². The zero-order valence-electron chi connectivity index (χ0n) is 16.9. The number of para-hydroxylation sites is 2. The summed E-state index contributed by atoms with van der Waals surface area (Å²) < 4.78 is 18.5. The summed E-state index contributed by atoms with van der Waals surface area (Å²) in [7, 11) is 6.12. The molecule has 2 aromatic rings. The lowest BCUT2D eigenvalue weighted by Gasteiger charge is -2.25. The third kappa shape index (κ3) is 6.35. The molecule has 3 N–H and O–H groups in total. The summed E-state index contributed by atoms with van der Waals surface area (Å²) in [4.78, 5) is 4.70. The van der Waals surface area contributed by atoms with Gasteiger partial charge in [0.1, 0.15) is 11.3 Å². The van der Waals surface area contributed by atoms with Crippen LogP contribution in [0, 0.1) is 5.82 Å². The summed E-state index contributed by atoms with van der Waals surface area (Å²) in [5.74, 6) is -0.361. The molecule has 0 spiro atoms. The predicted octanol–water partition coefficient (Wildman–Crippen LogP) is 5.47. The van der Waals surface area contributed by atoms with Crippen molar-refractivity contribution < 1.29 is 4.39 Å². The number of halogens is 3. The molecule has 3 rings (SSSR count). The topological polar surface area (TPSA) is 42.6 Å². The molecule has 1 heterocycles. The monoisotopic (exact) mass is 487 g/mol. The number of benzene rings is 2. The standard InChI is InChI=1S/C20H24Cl2FN5S2/c1-27(2)8-9-28(3)17-7-5-4-6-15(17)25-16-11-14(23)18(10-13(16)21)30-26-20-24-12-19(22)29-20/h4-7,10-12,20,24-26H,8-9H2,1-3H3. The molecule has 0 amide bonds. The Morgan fingerprint density at radius 2 is 1.90 bits per heavy atom. The number of thioether (sulfide) groups is 1. The Balaban J connectivity index is 1.70. The molecule has 5 nitrogen and oxygen atoms in total. The molecule has 0 saturated carbocycles. The van der Waals surface area contributed by atoms with E-state index >= 15 is 0 Å². The van der Waals surface area contributed by atoms with E-state index in [1.165, 1.54) is 29.8 Å². The Morgan fingerprint density at radius 1 is 1.13 bits per heavy atom. The highest BCUT2D eigenvalue weighted by atomic mass is 35.5. The van der Waals surface area contributed by atoms with Crippen LogP contribution >= 0.6 is 46.9 Å². The van der Waals surface area contributed by atoms with Crippen molar-refractivity contribution in [1.82, 2.24) is 14.9 Å². The van der Waals surface area contributed by atoms with E-state index in [4.69, 9.17) is 23.2 Å². The highest BCUT2D eigenvalue weighted by Crippen LogP contribution is 2.36. The first-order valence-corrected chi connectivity index (χ1v) is 11.7. The van der Waals surface area contributed by atoms with Crippen LogP contribution in [0.5, 0.6) is 0 Å². The van der Waals surface area contributed by atoms with Crippen LogP contribution in [0.2, 0.25) is 5.02 Å². The zero-order chi connectivity index (χ0) is 21.7. The largest absolute Gasteiger partial charge is 0.372 e. The van der Waals surface area contributed by atoms with Crippen LogP contribution in [-0.4, -0.2) is 44.6 Å². The van der Waals surface area contributed by atoms with Crippen LogP contribution in [0.4, 0.5) is 21.5 Å². The highest BCUT2D eigenvalue weighted by Gasteiger charge is 2.17. The van der Waals surface area contributed by atoms with Gasteiger partial charge < -0.3 is 20.4 Å². The fraction of sp³-hybridized carbons (Fsp3) is 0.300. The lowest BCUT2D eigenvalue weighted by atomic mass is 10.2. The van der Waals surface area contributed by atoms with Crippen molar-refractivity contribution in [3.05, 3.63) is 57.8 Å². The Hall–Kier alpha value is -1.29. The Morgan fingerprint density at radius 3 is 2.60 bits per heavy atom. The van der Waals surface area contributed by atoms with Crippen molar-refractivity contribution in [2.45, 2.75) is 10.4 Å². The van der Waals surface area contributed by atoms with Gasteiger partial charge in [-0.25, -0.2) is 9.11 Å². The van der Waals surface area contributed by atoms with Gasteiger partial charge in [-0.15, -0.1) is 0 Å². The van der Waals surface area contributed by atoms with Crippen molar-refractivity contribution >= 4 is 64.0 Å². The lowest BCUT2D eigenvalue weighted by Crippen LogP contribution is -2.28. The van der Waals surface area contributed by atoms with E-state index in [1.807, 2.05) is 45.4 Å². The number of rotatable bonds is 9. The van der Waals surface area contributed by atoms with Crippen molar-refractivity contribution in [1.29, 1.82) is 0 Å². The van der Waals surface area contributed by atoms with Gasteiger partial charge in [0.15, 0.2) is 0 Å². The normalized spacial score (nSPS) is 15.8. The second-order valence-corrected chi connectivity index (χ2v) is 10.0. The molecule has 162 valence electrons. The van der Waals surface area contributed by atoms with Gasteiger partial charge in [0, 0.05) is 32.4 Å². The van der Waals surface area contributed by atoms with E-state index < -0.39 is 0 Å². The molecule has 1 aliphatic rings. The minimum Gasteiger partial charge on any atom is -0.372 e. The van der Waals surface area contributed by atoms with Crippen molar-refractivity contribution in [2.75, 3.05) is 44.4 Å². The van der Waals surface area contributed by atoms with Crippen LogP contribution < -0.4 is 20.3 Å². The third-order valence-electron chi connectivity index (χ3n) is 4.34. The lowest BCUT2D eigenvalue weighted by molar-refractivity contribution is 0.416. The van der Waals surface area contributed by atoms with Gasteiger partial charge in [0.25, 0.3) is 0 Å². The minimum absolute atomic E-state index is 0.122. The molecule has 1 unspecified atom stereocenters. The first-order valence-electron chi connectivity index (χ1n) is 9.25. The number of nitrogens with one attached hydrogen (secondary N) is 3. The summed E-state index contributed by atoms with van der Waals surface area (Å²) in [6, 6.07) is 10.9. The van der Waals surface area contributed by atoms with Gasteiger partial charge in [-0.3, -0.25) is 0 Å². The van der Waals surface area contributed by atoms with Gasteiger partial charge in [-0.05, 0) is 44.2 Å². The zero-order valence-corrected chi connectivity index (χ0v) is 20.0. The maximum absolute atomic E-state index is 14.7. The van der Waals surface area contributed by atoms with Gasteiger partial charge >= 0.3 is 0 Å². The van der Waals surface area contributed by atoms with Crippen molar-refractivity contribution in [2.24, 2.45) is 0 Å². The maximum atomic E-state index is 14.7. The Bertz CT molecular complexity index is 913. The number of hydrogen-bond acceptors (Lipinski definition) is 7. The first-order chi connectivity index (χ1) is 14.3. The number of hydrogen-bond donors (Lipinski definition) is 3. The summed E-state index contributed by atoms with van der Waals surface area (Å²) in [5, 5.41) is 6.77. The maximum Gasteiger partial charge on any atom is 0.140 e. The Kier molecular flexibility index (Phi) is 8.44. The van der Waals surface area contributed by atoms with E-state index in [1.54, 1.807) is 12.3 Å². The molecule has 30 heavy (non-hydrogen) atoms. The molecule has 10 heteroatoms. The van der Waals surface area contributed by atoms with E-state index in [9.17, 15) is 4.39 Å². The summed E-state index contributed by atoms with van der Waals surface area (Å²) in [6.07, 6.45) is 1.70. The molecule has 0 aromatic heterocycles. The van der Waals surface area contributed by atoms with Gasteiger partial charge in [-0.2, -0.15) is 0 Å². The molecule has 1 atom stereocenters. The molecule has 0 aliphatic carbocycles. The highest BCUT2D eigenvalue weighted by molar-refractivity contribution is 8.06. The van der Waals surface area contributed by atoms with Gasteiger partial charge in [0.05, 0.1) is 31.3 Å². The quantitative estimate of drug-likeness (QED) is 0.404. The molecule has 0 bridgehead atoms. The van der Waals surface area contributed by atoms with Gasteiger partial charge in [0.2, 0.25) is 0 Å². The second-order valence-electron chi connectivity index (χ2n) is 6.96. The summed E-state index contributed by atoms with van der Waals surface area (Å²) in [5.41, 5.74) is 2.28. The van der Waals surface area contributed by atoms with E-state index in [-0.39, 0.29) is 11.3 Å². The molecule has 1 aliphatic heterocycles. The molecular formula is C20H24Cl2FN5S2. The first kappa shape index (κ1) is 23.4. The van der Waals surface area contributed by atoms with Crippen LogP contribution in [0.3, 0.4) is 0 Å². The van der Waals surface area contributed by atoms with Crippen LogP contribution in [0.15, 0.2) is 51.9 Å². The predicted molar refractivity (Wildman–Crippen MR) is 130 cm³/mol. The fourth-order valence-electron chi connectivity index (χ4n) is 2.73. The minimum atomic E-state index is -0.361. The smallest absolute Gasteiger partial charge is 0.140 e. The van der Waals surface area contributed by atoms with Crippen LogP contribution in [0.25, 0.3) is 0 Å². The SMILES string of the molecule is CN(C)CCN(C)c1ccccc1Nc1cc(F)c(SNC2NC=C(Cl)S2)cc1Cl. The van der Waals surface area contributed by atoms with Crippen molar-refractivity contribution in [3.63, 3.8) is 0 Å². The summed E-state index contributed by atoms with van der Waals surface area (Å²) >= 11 is 15.0.